The Kier molecular flexibility index (Phi) is 9.46. The number of H-pyrrole nitrogens is 2. The number of likely N-dealkylation sites (N-methyl/N-ethyl adjacent to an activating group) is 1. The molecule has 2 aliphatic heterocycles. The molecule has 2 fully saturated rings. The van der Waals surface area contributed by atoms with Crippen LogP contribution in [0.5, 0.6) is 0 Å². The molecule has 3 aromatic heterocycles. The lowest BCUT2D eigenvalue weighted by atomic mass is 9.84. The average Bonchev–Trinajstić information content (AvgIpc) is 4.04. The van der Waals surface area contributed by atoms with Crippen LogP contribution in [0.1, 0.15) is 60.5 Å². The van der Waals surface area contributed by atoms with E-state index in [4.69, 9.17) is 14.1 Å². The number of oxazole rings is 1. The number of nitrogens with zero attached hydrogens (tertiary/aromatic N) is 5. The fraction of sp³-hybridized carbons (Fsp3) is 0.293. The summed E-state index contributed by atoms with van der Waals surface area (Å²) >= 11 is 0. The minimum absolute atomic E-state index is 0.0786. The number of ketones is 1. The number of aromatic nitrogens is 5. The lowest BCUT2D eigenvalue weighted by Gasteiger charge is -2.33. The zero-order chi connectivity index (χ0) is 36.4. The Labute approximate surface area is 307 Å². The zero-order valence-electron chi connectivity index (χ0n) is 29.8. The van der Waals surface area contributed by atoms with Crippen LogP contribution in [0.4, 0.5) is 4.79 Å². The summed E-state index contributed by atoms with van der Waals surface area (Å²) in [4.78, 5) is 51.7. The first-order chi connectivity index (χ1) is 25.9. The van der Waals surface area contributed by atoms with E-state index < -0.39 is 11.6 Å². The molecule has 3 N–H and O–H groups in total. The molecule has 0 aliphatic carbocycles. The molecule has 12 heteroatoms. The SMILES string of the molecule is CN(C)[C@@H](C(=O)[C@@]1(c2ncc(-c3ccc(-c4cnc(-c5cnc([C@@H]6CCCN6C(=O)OCc6ccccc6)[nH]5)o4)cc3)[nH]2)CCCN1)c1ccccc1. The zero-order valence-corrected chi connectivity index (χ0v) is 29.8. The largest absolute Gasteiger partial charge is 0.445 e. The second-order valence-electron chi connectivity index (χ2n) is 13.9. The number of hydrogen-bond acceptors (Lipinski definition) is 9. The highest BCUT2D eigenvalue weighted by Gasteiger charge is 2.48. The summed E-state index contributed by atoms with van der Waals surface area (Å²) < 4.78 is 11.8. The number of ether oxygens (including phenoxy) is 1. The molecule has 3 aromatic carbocycles. The third kappa shape index (κ3) is 6.78. The van der Waals surface area contributed by atoms with E-state index in [0.29, 0.717) is 42.0 Å². The normalized spacial score (nSPS) is 19.2. The molecule has 2 saturated heterocycles. The third-order valence-electron chi connectivity index (χ3n) is 10.3. The van der Waals surface area contributed by atoms with E-state index in [1.54, 1.807) is 23.5 Å². The van der Waals surface area contributed by atoms with Gasteiger partial charge in [-0.15, -0.1) is 0 Å². The molecule has 12 nitrogen and oxygen atoms in total. The van der Waals surface area contributed by atoms with Crippen LogP contribution in [0, 0.1) is 0 Å². The molecule has 3 atom stereocenters. The highest BCUT2D eigenvalue weighted by molar-refractivity contribution is 5.94. The van der Waals surface area contributed by atoms with Gasteiger partial charge in [-0.2, -0.15) is 0 Å². The molecule has 8 rings (SSSR count). The minimum Gasteiger partial charge on any atom is -0.445 e. The van der Waals surface area contributed by atoms with Crippen LogP contribution in [0.25, 0.3) is 34.2 Å². The van der Waals surface area contributed by atoms with Crippen LogP contribution >= 0.6 is 0 Å². The lowest BCUT2D eigenvalue weighted by molar-refractivity contribution is -0.130. The van der Waals surface area contributed by atoms with E-state index in [1.165, 1.54) is 0 Å². The number of benzene rings is 3. The monoisotopic (exact) mass is 710 g/mol. The van der Waals surface area contributed by atoms with Gasteiger partial charge >= 0.3 is 6.09 Å². The van der Waals surface area contributed by atoms with Crippen molar-refractivity contribution in [2.24, 2.45) is 0 Å². The van der Waals surface area contributed by atoms with Gasteiger partial charge in [-0.05, 0) is 63.0 Å². The molecule has 2 aliphatic rings. The number of amides is 1. The van der Waals surface area contributed by atoms with Gasteiger partial charge < -0.3 is 19.1 Å². The van der Waals surface area contributed by atoms with Crippen molar-refractivity contribution in [3.63, 3.8) is 0 Å². The molecule has 5 heterocycles. The van der Waals surface area contributed by atoms with Crippen LogP contribution in [0.3, 0.4) is 0 Å². The van der Waals surface area contributed by atoms with Crippen LogP contribution < -0.4 is 5.32 Å². The van der Waals surface area contributed by atoms with E-state index in [1.807, 2.05) is 104 Å². The third-order valence-corrected chi connectivity index (χ3v) is 10.3. The molecule has 270 valence electrons. The van der Waals surface area contributed by atoms with Crippen molar-refractivity contribution in [1.29, 1.82) is 0 Å². The molecule has 53 heavy (non-hydrogen) atoms. The Balaban J connectivity index is 0.953. The van der Waals surface area contributed by atoms with Gasteiger partial charge in [-0.25, -0.2) is 19.7 Å². The summed E-state index contributed by atoms with van der Waals surface area (Å²) in [6.07, 6.45) is 8.02. The maximum absolute atomic E-state index is 14.3. The van der Waals surface area contributed by atoms with Crippen LogP contribution in [0.15, 0.2) is 108 Å². The predicted molar refractivity (Wildman–Crippen MR) is 199 cm³/mol. The number of aromatic amines is 2. The van der Waals surface area contributed by atoms with Gasteiger partial charge in [-0.3, -0.25) is 19.9 Å². The van der Waals surface area contributed by atoms with E-state index in [-0.39, 0.29) is 24.5 Å². The summed E-state index contributed by atoms with van der Waals surface area (Å²) in [5, 5.41) is 3.52. The van der Waals surface area contributed by atoms with Gasteiger partial charge in [0.1, 0.15) is 29.5 Å². The summed E-state index contributed by atoms with van der Waals surface area (Å²) in [6.45, 7) is 1.57. The van der Waals surface area contributed by atoms with Crippen LogP contribution in [-0.4, -0.2) is 73.8 Å². The van der Waals surface area contributed by atoms with Gasteiger partial charge in [0.25, 0.3) is 0 Å². The van der Waals surface area contributed by atoms with Crippen molar-refractivity contribution in [2.75, 3.05) is 27.2 Å². The van der Waals surface area contributed by atoms with Gasteiger partial charge in [0, 0.05) is 12.1 Å². The second-order valence-corrected chi connectivity index (χ2v) is 13.9. The van der Waals surface area contributed by atoms with Crippen molar-refractivity contribution >= 4 is 11.9 Å². The summed E-state index contributed by atoms with van der Waals surface area (Å²) in [6, 6.07) is 26.9. The predicted octanol–water partition coefficient (Wildman–Crippen LogP) is 7.05. The first-order valence-corrected chi connectivity index (χ1v) is 18.0. The number of Topliss-reactive ketones (excluding diaryl/α,β-unsaturated/α-hetero) is 1. The summed E-state index contributed by atoms with van der Waals surface area (Å²) in [5.41, 5.74) is 4.23. The minimum atomic E-state index is -0.909. The van der Waals surface area contributed by atoms with Crippen molar-refractivity contribution in [3.05, 3.63) is 126 Å². The van der Waals surface area contributed by atoms with E-state index in [9.17, 15) is 9.59 Å². The number of hydrogen-bond donors (Lipinski definition) is 3. The first-order valence-electron chi connectivity index (χ1n) is 18.0. The summed E-state index contributed by atoms with van der Waals surface area (Å²) in [7, 11) is 3.88. The highest BCUT2D eigenvalue weighted by atomic mass is 16.6. The fourth-order valence-corrected chi connectivity index (χ4v) is 7.54. The number of carbonyl (C=O) groups is 2. The molecule has 0 unspecified atom stereocenters. The van der Waals surface area contributed by atoms with Crippen LogP contribution in [0.2, 0.25) is 0 Å². The van der Waals surface area contributed by atoms with Crippen molar-refractivity contribution < 1.29 is 18.7 Å². The molecule has 0 radical (unpaired) electrons. The Morgan fingerprint density at radius 1 is 0.887 bits per heavy atom. The van der Waals surface area contributed by atoms with Crippen molar-refractivity contribution in [1.82, 2.24) is 40.0 Å². The maximum Gasteiger partial charge on any atom is 0.410 e. The Morgan fingerprint density at radius 2 is 1.62 bits per heavy atom. The molecular formula is C41H42N8O4. The van der Waals surface area contributed by atoms with E-state index >= 15 is 0 Å². The van der Waals surface area contributed by atoms with Gasteiger partial charge in [-0.1, -0.05) is 84.9 Å². The molecule has 1 amide bonds. The van der Waals surface area contributed by atoms with Gasteiger partial charge in [0.15, 0.2) is 11.5 Å². The highest BCUT2D eigenvalue weighted by Crippen LogP contribution is 2.38. The van der Waals surface area contributed by atoms with E-state index in [2.05, 4.69) is 25.3 Å². The number of imidazole rings is 2. The van der Waals surface area contributed by atoms with Gasteiger partial charge in [0.05, 0.1) is 36.4 Å². The van der Waals surface area contributed by atoms with Crippen molar-refractivity contribution in [2.45, 2.75) is 49.9 Å². The maximum atomic E-state index is 14.3. The topological polar surface area (TPSA) is 145 Å². The van der Waals surface area contributed by atoms with E-state index in [0.717, 1.165) is 53.8 Å². The quantitative estimate of drug-likeness (QED) is 0.129. The fourth-order valence-electron chi connectivity index (χ4n) is 7.54. The lowest BCUT2D eigenvalue weighted by Crippen LogP contribution is -2.50. The number of nitrogens with one attached hydrogen (secondary N) is 3. The number of likely N-dealkylation sites (tertiary alicyclic amines) is 1. The van der Waals surface area contributed by atoms with Crippen LogP contribution in [-0.2, 0) is 21.7 Å². The van der Waals surface area contributed by atoms with Crippen molar-refractivity contribution in [3.8, 4) is 34.2 Å². The Bertz CT molecular complexity index is 2170. The number of carbonyl (C=O) groups excluding carboxylic acids is 2. The molecule has 0 spiro atoms. The number of rotatable bonds is 11. The molecule has 6 aromatic rings. The molecule has 0 bridgehead atoms. The van der Waals surface area contributed by atoms with Gasteiger partial charge in [0.2, 0.25) is 5.89 Å². The average molecular weight is 711 g/mol. The Hall–Kier alpha value is -5.85. The Morgan fingerprint density at radius 3 is 2.36 bits per heavy atom. The summed E-state index contributed by atoms with van der Waals surface area (Å²) in [5.74, 6) is 2.39. The smallest absolute Gasteiger partial charge is 0.410 e. The second kappa shape index (κ2) is 14.6. The first kappa shape index (κ1) is 34.2. The molecule has 0 saturated carbocycles. The standard InChI is InChI=1S/C41H42N8O4/c1-48(2)35(30-13-7-4-8-14-30)36(50)41(20-10-21-45-41)39-44-23-31(47-39)28-16-18-29(19-17-28)34-25-43-38(53-34)32-24-42-37(46-32)33-15-9-22-49(33)40(51)52-26-27-11-5-3-6-12-27/h3-8,11-14,16-19,23-25,33,35,45H,9-10,15,20-22,26H2,1-2H3,(H,42,46)(H,44,47)/t33-,35+,41+/m0/s1. The molecular weight excluding hydrogens is 669 g/mol.